The maximum atomic E-state index is 12.7. The van der Waals surface area contributed by atoms with Crippen molar-refractivity contribution in [3.63, 3.8) is 0 Å². The van der Waals surface area contributed by atoms with E-state index in [1.165, 1.54) is 0 Å². The van der Waals surface area contributed by atoms with E-state index in [0.717, 1.165) is 0 Å². The molecule has 3 rings (SSSR count). The Morgan fingerprint density at radius 2 is 1.96 bits per heavy atom. The topological polar surface area (TPSA) is 68.5 Å². The van der Waals surface area contributed by atoms with Gasteiger partial charge in [0, 0.05) is 19.0 Å². The molecule has 0 N–H and O–H groups in total. The Labute approximate surface area is 148 Å². The molecule has 2 aromatic rings. The number of halogens is 3. The summed E-state index contributed by atoms with van der Waals surface area (Å²) < 4.78 is 47.9. The van der Waals surface area contributed by atoms with Gasteiger partial charge in [0.25, 0.3) is 5.91 Å². The second-order valence-electron chi connectivity index (χ2n) is 5.94. The summed E-state index contributed by atoms with van der Waals surface area (Å²) >= 11 is 0. The number of rotatable bonds is 4. The van der Waals surface area contributed by atoms with E-state index in [1.807, 2.05) is 6.92 Å². The van der Waals surface area contributed by atoms with Crippen molar-refractivity contribution in [3.8, 4) is 5.75 Å². The molecule has 1 aromatic heterocycles. The van der Waals surface area contributed by atoms with Gasteiger partial charge >= 0.3 is 12.1 Å². The minimum absolute atomic E-state index is 0.0286. The normalized spacial score (nSPS) is 15.9. The molecule has 2 heterocycles. The minimum atomic E-state index is -4.65. The van der Waals surface area contributed by atoms with Crippen LogP contribution in [0.25, 0.3) is 0 Å². The molecule has 0 unspecified atom stereocenters. The van der Waals surface area contributed by atoms with Crippen LogP contribution in [0.1, 0.15) is 47.8 Å². The second kappa shape index (κ2) is 7.35. The summed E-state index contributed by atoms with van der Waals surface area (Å²) in [5, 5.41) is 6.57. The fourth-order valence-corrected chi connectivity index (χ4v) is 2.94. The zero-order chi connectivity index (χ0) is 18.7. The van der Waals surface area contributed by atoms with Gasteiger partial charge in [0.15, 0.2) is 0 Å². The van der Waals surface area contributed by atoms with E-state index in [2.05, 4.69) is 10.2 Å². The number of piperidine rings is 1. The van der Waals surface area contributed by atoms with Crippen molar-refractivity contribution in [1.82, 2.24) is 15.1 Å². The molecule has 1 aliphatic rings. The highest BCUT2D eigenvalue weighted by Crippen LogP contribution is 2.33. The number of benzene rings is 1. The first kappa shape index (κ1) is 18.2. The van der Waals surface area contributed by atoms with E-state index in [-0.39, 0.29) is 17.7 Å². The van der Waals surface area contributed by atoms with Crippen molar-refractivity contribution in [1.29, 1.82) is 0 Å². The SMILES string of the molecule is CCOc1ccccc1C(=O)N1CCC(c2nnc(C(F)(F)F)o2)CC1. The van der Waals surface area contributed by atoms with Gasteiger partial charge in [-0.15, -0.1) is 10.2 Å². The van der Waals surface area contributed by atoms with Crippen LogP contribution >= 0.6 is 0 Å². The van der Waals surface area contributed by atoms with Gasteiger partial charge in [-0.1, -0.05) is 12.1 Å². The standard InChI is InChI=1S/C17H18F3N3O3/c1-2-25-13-6-4-3-5-12(13)15(24)23-9-7-11(8-10-23)14-21-22-16(26-14)17(18,19)20/h3-6,11H,2,7-10H2,1H3. The number of aromatic nitrogens is 2. The van der Waals surface area contributed by atoms with Gasteiger partial charge in [-0.25, -0.2) is 0 Å². The van der Waals surface area contributed by atoms with Gasteiger partial charge in [0.2, 0.25) is 5.89 Å². The van der Waals surface area contributed by atoms with Gasteiger partial charge in [0.1, 0.15) is 5.75 Å². The highest BCUT2D eigenvalue weighted by atomic mass is 19.4. The first-order valence-electron chi connectivity index (χ1n) is 8.32. The summed E-state index contributed by atoms with van der Waals surface area (Å²) in [6, 6.07) is 7.00. The fraction of sp³-hybridized carbons (Fsp3) is 0.471. The summed E-state index contributed by atoms with van der Waals surface area (Å²) in [5.74, 6) is -1.29. The quantitative estimate of drug-likeness (QED) is 0.825. The highest BCUT2D eigenvalue weighted by Gasteiger charge is 2.39. The van der Waals surface area contributed by atoms with E-state index in [9.17, 15) is 18.0 Å². The summed E-state index contributed by atoms with van der Waals surface area (Å²) in [5.41, 5.74) is 0.477. The van der Waals surface area contributed by atoms with Crippen molar-refractivity contribution < 1.29 is 27.1 Å². The average Bonchev–Trinajstić information content (AvgIpc) is 3.13. The minimum Gasteiger partial charge on any atom is -0.493 e. The number of hydrogen-bond acceptors (Lipinski definition) is 5. The number of para-hydroxylation sites is 1. The molecule has 1 saturated heterocycles. The van der Waals surface area contributed by atoms with Crippen LogP contribution < -0.4 is 4.74 Å². The fourth-order valence-electron chi connectivity index (χ4n) is 2.94. The van der Waals surface area contributed by atoms with Crippen LogP contribution in [0, 0.1) is 0 Å². The Balaban J connectivity index is 1.65. The lowest BCUT2D eigenvalue weighted by Gasteiger charge is -2.30. The molecular formula is C17H18F3N3O3. The molecule has 0 atom stereocenters. The third-order valence-corrected chi connectivity index (χ3v) is 4.23. The molecule has 0 spiro atoms. The molecule has 6 nitrogen and oxygen atoms in total. The third kappa shape index (κ3) is 3.81. The molecule has 1 fully saturated rings. The van der Waals surface area contributed by atoms with Gasteiger partial charge in [-0.2, -0.15) is 13.2 Å². The molecule has 1 aromatic carbocycles. The summed E-state index contributed by atoms with van der Waals surface area (Å²) in [6.45, 7) is 3.08. The van der Waals surface area contributed by atoms with Crippen LogP contribution in [0.15, 0.2) is 28.7 Å². The van der Waals surface area contributed by atoms with E-state index in [4.69, 9.17) is 9.15 Å². The lowest BCUT2D eigenvalue weighted by molar-refractivity contribution is -0.157. The molecule has 0 aliphatic carbocycles. The molecule has 140 valence electrons. The molecule has 0 saturated carbocycles. The first-order chi connectivity index (χ1) is 12.4. The van der Waals surface area contributed by atoms with Crippen LogP contribution in [-0.4, -0.2) is 40.7 Å². The number of nitrogens with zero attached hydrogens (tertiary/aromatic N) is 3. The predicted octanol–water partition coefficient (Wildman–Crippen LogP) is 3.51. The van der Waals surface area contributed by atoms with Crippen LogP contribution in [0.4, 0.5) is 13.2 Å². The molecule has 1 aliphatic heterocycles. The van der Waals surface area contributed by atoms with Crippen molar-refractivity contribution in [2.75, 3.05) is 19.7 Å². The number of alkyl halides is 3. The molecule has 9 heteroatoms. The van der Waals surface area contributed by atoms with E-state index in [0.29, 0.717) is 43.9 Å². The number of carbonyl (C=O) groups excluding carboxylic acids is 1. The van der Waals surface area contributed by atoms with Crippen molar-refractivity contribution >= 4 is 5.91 Å². The Morgan fingerprint density at radius 3 is 2.58 bits per heavy atom. The first-order valence-corrected chi connectivity index (χ1v) is 8.32. The molecule has 26 heavy (non-hydrogen) atoms. The highest BCUT2D eigenvalue weighted by molar-refractivity contribution is 5.97. The molecule has 0 bridgehead atoms. The van der Waals surface area contributed by atoms with Crippen LogP contribution in [-0.2, 0) is 6.18 Å². The van der Waals surface area contributed by atoms with Crippen molar-refractivity contribution in [3.05, 3.63) is 41.6 Å². The van der Waals surface area contributed by atoms with E-state index in [1.54, 1.807) is 29.2 Å². The molecule has 1 amide bonds. The van der Waals surface area contributed by atoms with Gasteiger partial charge in [0.05, 0.1) is 12.2 Å². The lowest BCUT2D eigenvalue weighted by atomic mass is 9.96. The Bertz CT molecular complexity index is 768. The Morgan fingerprint density at radius 1 is 1.27 bits per heavy atom. The zero-order valence-corrected chi connectivity index (χ0v) is 14.1. The van der Waals surface area contributed by atoms with Gasteiger partial charge in [-0.3, -0.25) is 4.79 Å². The van der Waals surface area contributed by atoms with Gasteiger partial charge < -0.3 is 14.1 Å². The number of likely N-dealkylation sites (tertiary alicyclic amines) is 1. The monoisotopic (exact) mass is 369 g/mol. The van der Waals surface area contributed by atoms with Crippen molar-refractivity contribution in [2.24, 2.45) is 0 Å². The number of amides is 1. The van der Waals surface area contributed by atoms with E-state index >= 15 is 0 Å². The number of carbonyl (C=O) groups is 1. The molecular weight excluding hydrogens is 351 g/mol. The Hall–Kier alpha value is -2.58. The summed E-state index contributed by atoms with van der Waals surface area (Å²) in [4.78, 5) is 14.4. The number of ether oxygens (including phenoxy) is 1. The van der Waals surface area contributed by atoms with Crippen LogP contribution in [0.2, 0.25) is 0 Å². The number of hydrogen-bond donors (Lipinski definition) is 0. The maximum absolute atomic E-state index is 12.7. The average molecular weight is 369 g/mol. The largest absolute Gasteiger partial charge is 0.493 e. The lowest BCUT2D eigenvalue weighted by Crippen LogP contribution is -2.38. The summed E-state index contributed by atoms with van der Waals surface area (Å²) in [7, 11) is 0. The zero-order valence-electron chi connectivity index (χ0n) is 14.1. The Kier molecular flexibility index (Phi) is 5.15. The van der Waals surface area contributed by atoms with Crippen molar-refractivity contribution in [2.45, 2.75) is 31.9 Å². The van der Waals surface area contributed by atoms with Crippen LogP contribution in [0.3, 0.4) is 0 Å². The smallest absolute Gasteiger partial charge is 0.470 e. The summed E-state index contributed by atoms with van der Waals surface area (Å²) in [6.07, 6.45) is -3.73. The van der Waals surface area contributed by atoms with Gasteiger partial charge in [-0.05, 0) is 31.9 Å². The predicted molar refractivity (Wildman–Crippen MR) is 84.8 cm³/mol. The third-order valence-electron chi connectivity index (χ3n) is 4.23. The van der Waals surface area contributed by atoms with Crippen LogP contribution in [0.5, 0.6) is 5.75 Å². The maximum Gasteiger partial charge on any atom is 0.470 e. The van der Waals surface area contributed by atoms with E-state index < -0.39 is 12.1 Å². The second-order valence-corrected chi connectivity index (χ2v) is 5.94. The molecule has 0 radical (unpaired) electrons.